The van der Waals surface area contributed by atoms with Crippen LogP contribution in [0.3, 0.4) is 0 Å². The van der Waals surface area contributed by atoms with Crippen molar-refractivity contribution >= 4 is 59.0 Å². The first-order valence-electron chi connectivity index (χ1n) is 7.83. The van der Waals surface area contributed by atoms with Gasteiger partial charge >= 0.3 is 0 Å². The normalized spacial score (nSPS) is 12.1. The molecule has 2 aromatic heterocycles. The van der Waals surface area contributed by atoms with Gasteiger partial charge in [0.1, 0.15) is 0 Å². The molecule has 0 radical (unpaired) electrons. The van der Waals surface area contributed by atoms with Crippen LogP contribution in [0.15, 0.2) is 49.1 Å². The Bertz CT molecular complexity index is 1070. The lowest BCUT2D eigenvalue weighted by molar-refractivity contribution is 1.30. The number of allylic oxidation sites excluding steroid dienone is 2. The van der Waals surface area contributed by atoms with Gasteiger partial charge in [-0.15, -0.1) is 22.7 Å². The summed E-state index contributed by atoms with van der Waals surface area (Å²) in [7, 11) is 0. The van der Waals surface area contributed by atoms with Crippen LogP contribution in [0.1, 0.15) is 22.9 Å². The molecular formula is C21H18S2. The lowest BCUT2D eigenvalue weighted by atomic mass is 10.0. The number of fused-ring (bicyclic) bond motifs is 4. The molecule has 0 amide bonds. The van der Waals surface area contributed by atoms with E-state index < -0.39 is 0 Å². The number of rotatable bonds is 3. The van der Waals surface area contributed by atoms with Crippen molar-refractivity contribution in [3.05, 3.63) is 65.1 Å². The summed E-state index contributed by atoms with van der Waals surface area (Å²) in [6, 6.07) is 11.5. The molecule has 0 atom stereocenters. The minimum Gasteiger partial charge on any atom is -0.136 e. The topological polar surface area (TPSA) is 0 Å². The van der Waals surface area contributed by atoms with E-state index in [0.29, 0.717) is 0 Å². The van der Waals surface area contributed by atoms with Crippen molar-refractivity contribution in [3.63, 3.8) is 0 Å². The van der Waals surface area contributed by atoms with Gasteiger partial charge in [0.25, 0.3) is 0 Å². The van der Waals surface area contributed by atoms with Crippen molar-refractivity contribution in [2.75, 3.05) is 0 Å². The van der Waals surface area contributed by atoms with E-state index in [1.807, 2.05) is 28.7 Å². The molecule has 0 aliphatic carbocycles. The summed E-state index contributed by atoms with van der Waals surface area (Å²) in [6.07, 6.45) is 7.33. The van der Waals surface area contributed by atoms with E-state index in [4.69, 9.17) is 0 Å². The first kappa shape index (κ1) is 14.7. The SMILES string of the molecule is C=Cc1sc2cc3c(cc2c1C/C=C\C)sc1cc(C)ccc13. The Morgan fingerprint density at radius 2 is 1.70 bits per heavy atom. The summed E-state index contributed by atoms with van der Waals surface area (Å²) in [5.41, 5.74) is 2.74. The van der Waals surface area contributed by atoms with E-state index in [-0.39, 0.29) is 0 Å². The highest BCUT2D eigenvalue weighted by molar-refractivity contribution is 7.26. The van der Waals surface area contributed by atoms with Crippen molar-refractivity contribution in [2.24, 2.45) is 0 Å². The van der Waals surface area contributed by atoms with Gasteiger partial charge in [0, 0.05) is 29.7 Å². The molecule has 0 unspecified atom stereocenters. The van der Waals surface area contributed by atoms with Crippen LogP contribution in [0.2, 0.25) is 0 Å². The van der Waals surface area contributed by atoms with Crippen molar-refractivity contribution < 1.29 is 0 Å². The van der Waals surface area contributed by atoms with E-state index in [9.17, 15) is 0 Å². The zero-order valence-corrected chi connectivity index (χ0v) is 15.0. The van der Waals surface area contributed by atoms with Crippen LogP contribution in [-0.2, 0) is 6.42 Å². The molecule has 0 aliphatic heterocycles. The van der Waals surface area contributed by atoms with Gasteiger partial charge in [-0.3, -0.25) is 0 Å². The van der Waals surface area contributed by atoms with Crippen LogP contribution < -0.4 is 0 Å². The van der Waals surface area contributed by atoms with Crippen LogP contribution >= 0.6 is 22.7 Å². The van der Waals surface area contributed by atoms with Crippen LogP contribution in [0.4, 0.5) is 0 Å². The van der Waals surface area contributed by atoms with E-state index in [1.165, 1.54) is 46.3 Å². The third-order valence-electron chi connectivity index (χ3n) is 4.31. The Labute approximate surface area is 144 Å². The average Bonchev–Trinajstić information content (AvgIpc) is 3.07. The smallest absolute Gasteiger partial charge is 0.0362 e. The third-order valence-corrected chi connectivity index (χ3v) is 6.62. The van der Waals surface area contributed by atoms with E-state index in [2.05, 4.69) is 62.9 Å². The molecule has 4 aromatic rings. The predicted octanol–water partition coefficient (Wildman–Crippen LogP) is 7.34. The fourth-order valence-corrected chi connectivity index (χ4v) is 5.48. The fraction of sp³-hybridized carbons (Fsp3) is 0.143. The molecular weight excluding hydrogens is 316 g/mol. The molecule has 2 aromatic carbocycles. The first-order valence-corrected chi connectivity index (χ1v) is 9.46. The van der Waals surface area contributed by atoms with Crippen LogP contribution in [0.25, 0.3) is 36.3 Å². The standard InChI is InChI=1S/C21H18S2/c1-4-6-7-14-16-11-21-17(12-20(16)22-18(14)5-2)15-9-8-13(3)10-19(15)23-21/h4-6,8-12H,2,7H2,1,3H3/b6-4-. The number of thiophene rings is 2. The summed E-state index contributed by atoms with van der Waals surface area (Å²) in [5, 5.41) is 4.15. The quantitative estimate of drug-likeness (QED) is 0.344. The second-order valence-electron chi connectivity index (χ2n) is 5.87. The molecule has 0 nitrogen and oxygen atoms in total. The summed E-state index contributed by atoms with van der Waals surface area (Å²) < 4.78 is 4.14. The predicted molar refractivity (Wildman–Crippen MR) is 108 cm³/mol. The third kappa shape index (κ3) is 2.34. The van der Waals surface area contributed by atoms with Gasteiger partial charge in [-0.05, 0) is 55.0 Å². The number of benzene rings is 2. The summed E-state index contributed by atoms with van der Waals surface area (Å²) in [6.45, 7) is 8.24. The van der Waals surface area contributed by atoms with Gasteiger partial charge in [0.2, 0.25) is 0 Å². The maximum absolute atomic E-state index is 4.00. The number of hydrogen-bond acceptors (Lipinski definition) is 2. The second-order valence-corrected chi connectivity index (χ2v) is 8.04. The Hall–Kier alpha value is -1.90. The van der Waals surface area contributed by atoms with Gasteiger partial charge in [-0.2, -0.15) is 0 Å². The molecule has 114 valence electrons. The average molecular weight is 335 g/mol. The summed E-state index contributed by atoms with van der Waals surface area (Å²) >= 11 is 3.76. The second kappa shape index (κ2) is 5.63. The van der Waals surface area contributed by atoms with E-state index >= 15 is 0 Å². The molecule has 0 fully saturated rings. The molecule has 2 heterocycles. The molecule has 2 heteroatoms. The zero-order valence-electron chi connectivity index (χ0n) is 13.3. The highest BCUT2D eigenvalue weighted by Gasteiger charge is 2.13. The first-order chi connectivity index (χ1) is 11.2. The van der Waals surface area contributed by atoms with Crippen LogP contribution in [0, 0.1) is 6.92 Å². The largest absolute Gasteiger partial charge is 0.136 e. The Balaban J connectivity index is 2.06. The molecule has 0 saturated carbocycles. The van der Waals surface area contributed by atoms with Crippen LogP contribution in [-0.4, -0.2) is 0 Å². The molecule has 4 rings (SSSR count). The zero-order chi connectivity index (χ0) is 16.0. The highest BCUT2D eigenvalue weighted by atomic mass is 32.1. The molecule has 0 saturated heterocycles. The van der Waals surface area contributed by atoms with Gasteiger partial charge in [0.05, 0.1) is 0 Å². The number of hydrogen-bond donors (Lipinski definition) is 0. The molecule has 0 aliphatic rings. The molecule has 0 bridgehead atoms. The van der Waals surface area contributed by atoms with Crippen molar-refractivity contribution in [1.29, 1.82) is 0 Å². The van der Waals surface area contributed by atoms with Gasteiger partial charge in [-0.25, -0.2) is 0 Å². The molecule has 0 spiro atoms. The van der Waals surface area contributed by atoms with Crippen molar-refractivity contribution in [3.8, 4) is 0 Å². The molecule has 0 N–H and O–H groups in total. The number of aryl methyl sites for hydroxylation is 1. The molecule has 23 heavy (non-hydrogen) atoms. The van der Waals surface area contributed by atoms with Crippen molar-refractivity contribution in [2.45, 2.75) is 20.3 Å². The van der Waals surface area contributed by atoms with Gasteiger partial charge in [-0.1, -0.05) is 36.9 Å². The van der Waals surface area contributed by atoms with E-state index in [1.54, 1.807) is 0 Å². The maximum Gasteiger partial charge on any atom is 0.0362 e. The summed E-state index contributed by atoms with van der Waals surface area (Å²) in [5.74, 6) is 0. The lowest BCUT2D eigenvalue weighted by Crippen LogP contribution is -1.81. The Kier molecular flexibility index (Phi) is 3.59. The maximum atomic E-state index is 4.00. The van der Waals surface area contributed by atoms with E-state index in [0.717, 1.165) is 6.42 Å². The Morgan fingerprint density at radius 1 is 0.957 bits per heavy atom. The highest BCUT2D eigenvalue weighted by Crippen LogP contribution is 2.41. The lowest BCUT2D eigenvalue weighted by Gasteiger charge is -1.98. The van der Waals surface area contributed by atoms with Crippen molar-refractivity contribution in [1.82, 2.24) is 0 Å². The fourth-order valence-electron chi connectivity index (χ4n) is 3.15. The minimum absolute atomic E-state index is 0.980. The van der Waals surface area contributed by atoms with Crippen LogP contribution in [0.5, 0.6) is 0 Å². The minimum atomic E-state index is 0.980. The van der Waals surface area contributed by atoms with Gasteiger partial charge < -0.3 is 0 Å². The Morgan fingerprint density at radius 3 is 2.48 bits per heavy atom. The summed E-state index contributed by atoms with van der Waals surface area (Å²) in [4.78, 5) is 1.30. The monoisotopic (exact) mass is 334 g/mol. The van der Waals surface area contributed by atoms with Gasteiger partial charge in [0.15, 0.2) is 0 Å².